The second kappa shape index (κ2) is 8.48. The van der Waals surface area contributed by atoms with Gasteiger partial charge in [0.1, 0.15) is 10.8 Å². The van der Waals surface area contributed by atoms with E-state index in [0.29, 0.717) is 17.4 Å². The van der Waals surface area contributed by atoms with Crippen molar-refractivity contribution < 1.29 is 14.5 Å². The first-order valence-corrected chi connectivity index (χ1v) is 8.25. The summed E-state index contributed by atoms with van der Waals surface area (Å²) in [6.07, 6.45) is 0.959. The SMILES string of the molecule is CCC(C)c1ccccc1OCC(=O)Nc1ccc(Cl)c([N+](=O)[O-])c1. The molecule has 0 spiro atoms. The number of para-hydroxylation sites is 1. The maximum absolute atomic E-state index is 12.1. The molecular formula is C18H19ClN2O4. The minimum absolute atomic E-state index is 0.0155. The van der Waals surface area contributed by atoms with E-state index in [1.165, 1.54) is 18.2 Å². The first-order valence-electron chi connectivity index (χ1n) is 7.87. The minimum atomic E-state index is -0.600. The van der Waals surface area contributed by atoms with Crippen LogP contribution >= 0.6 is 11.6 Å². The van der Waals surface area contributed by atoms with Gasteiger partial charge in [-0.3, -0.25) is 14.9 Å². The molecule has 0 fully saturated rings. The van der Waals surface area contributed by atoms with E-state index < -0.39 is 10.8 Å². The summed E-state index contributed by atoms with van der Waals surface area (Å²) in [5, 5.41) is 13.5. The molecule has 1 unspecified atom stereocenters. The number of anilines is 1. The Bertz CT molecular complexity index is 779. The molecule has 0 bridgehead atoms. The maximum Gasteiger partial charge on any atom is 0.289 e. The maximum atomic E-state index is 12.1. The van der Waals surface area contributed by atoms with Crippen molar-refractivity contribution >= 4 is 28.9 Å². The molecule has 0 heterocycles. The van der Waals surface area contributed by atoms with Gasteiger partial charge in [0.25, 0.3) is 11.6 Å². The van der Waals surface area contributed by atoms with Crippen LogP contribution in [0.25, 0.3) is 0 Å². The zero-order valence-electron chi connectivity index (χ0n) is 14.0. The molecule has 1 amide bonds. The number of hydrogen-bond donors (Lipinski definition) is 1. The Kier molecular flexibility index (Phi) is 6.36. The zero-order valence-corrected chi connectivity index (χ0v) is 14.7. The van der Waals surface area contributed by atoms with Crippen LogP contribution in [0.3, 0.4) is 0 Å². The highest BCUT2D eigenvalue weighted by molar-refractivity contribution is 6.32. The fourth-order valence-corrected chi connectivity index (χ4v) is 2.50. The number of nitro groups is 1. The van der Waals surface area contributed by atoms with Crippen molar-refractivity contribution in [3.05, 3.63) is 63.2 Å². The molecule has 1 atom stereocenters. The highest BCUT2D eigenvalue weighted by Gasteiger charge is 2.15. The Morgan fingerprint density at radius 3 is 2.72 bits per heavy atom. The quantitative estimate of drug-likeness (QED) is 0.567. The van der Waals surface area contributed by atoms with Gasteiger partial charge in [-0.05, 0) is 36.1 Å². The molecule has 0 saturated carbocycles. The van der Waals surface area contributed by atoms with Crippen molar-refractivity contribution in [2.24, 2.45) is 0 Å². The highest BCUT2D eigenvalue weighted by atomic mass is 35.5. The van der Waals surface area contributed by atoms with Crippen LogP contribution in [-0.4, -0.2) is 17.4 Å². The monoisotopic (exact) mass is 362 g/mol. The van der Waals surface area contributed by atoms with Gasteiger partial charge in [-0.15, -0.1) is 0 Å². The van der Waals surface area contributed by atoms with Crippen LogP contribution in [0, 0.1) is 10.1 Å². The Hall–Kier alpha value is -2.60. The molecule has 7 heteroatoms. The lowest BCUT2D eigenvalue weighted by molar-refractivity contribution is -0.384. The lowest BCUT2D eigenvalue weighted by Gasteiger charge is -2.15. The largest absolute Gasteiger partial charge is 0.483 e. The molecule has 2 aromatic carbocycles. The van der Waals surface area contributed by atoms with E-state index in [1.807, 2.05) is 24.3 Å². The number of carbonyl (C=O) groups is 1. The second-order valence-electron chi connectivity index (χ2n) is 5.61. The summed E-state index contributed by atoms with van der Waals surface area (Å²) in [7, 11) is 0. The number of amides is 1. The Balaban J connectivity index is 2.03. The number of halogens is 1. The average molecular weight is 363 g/mol. The lowest BCUT2D eigenvalue weighted by Crippen LogP contribution is -2.20. The summed E-state index contributed by atoms with van der Waals surface area (Å²) in [5.74, 6) is 0.572. The third-order valence-corrected chi connectivity index (χ3v) is 4.17. The standard InChI is InChI=1S/C18H19ClN2O4/c1-3-12(2)14-6-4-5-7-17(14)25-11-18(22)20-13-8-9-15(19)16(10-13)21(23)24/h4-10,12H,3,11H2,1-2H3,(H,20,22). The Morgan fingerprint density at radius 1 is 1.32 bits per heavy atom. The summed E-state index contributed by atoms with van der Waals surface area (Å²) >= 11 is 5.75. The van der Waals surface area contributed by atoms with Crippen LogP contribution < -0.4 is 10.1 Å². The van der Waals surface area contributed by atoms with Crippen LogP contribution in [0.4, 0.5) is 11.4 Å². The molecule has 6 nitrogen and oxygen atoms in total. The number of hydrogen-bond acceptors (Lipinski definition) is 4. The third kappa shape index (κ3) is 4.93. The van der Waals surface area contributed by atoms with E-state index in [2.05, 4.69) is 19.2 Å². The molecule has 25 heavy (non-hydrogen) atoms. The normalized spacial score (nSPS) is 11.6. The van der Waals surface area contributed by atoms with E-state index in [9.17, 15) is 14.9 Å². The average Bonchev–Trinajstić information content (AvgIpc) is 2.61. The van der Waals surface area contributed by atoms with Crippen LogP contribution in [0.1, 0.15) is 31.7 Å². The predicted octanol–water partition coefficient (Wildman–Crippen LogP) is 4.78. The van der Waals surface area contributed by atoms with E-state index in [-0.39, 0.29) is 17.3 Å². The Morgan fingerprint density at radius 2 is 2.04 bits per heavy atom. The number of nitrogens with one attached hydrogen (secondary N) is 1. The van der Waals surface area contributed by atoms with Gasteiger partial charge in [-0.25, -0.2) is 0 Å². The van der Waals surface area contributed by atoms with E-state index >= 15 is 0 Å². The molecule has 0 saturated heterocycles. The van der Waals surface area contributed by atoms with Gasteiger partial charge in [0.05, 0.1) is 4.92 Å². The summed E-state index contributed by atoms with van der Waals surface area (Å²) in [6.45, 7) is 3.99. The number of carbonyl (C=O) groups excluding carboxylic acids is 1. The van der Waals surface area contributed by atoms with Gasteiger partial charge in [0, 0.05) is 11.8 Å². The van der Waals surface area contributed by atoms with Gasteiger partial charge < -0.3 is 10.1 Å². The molecule has 2 aromatic rings. The highest BCUT2D eigenvalue weighted by Crippen LogP contribution is 2.29. The van der Waals surface area contributed by atoms with E-state index in [0.717, 1.165) is 12.0 Å². The molecule has 1 N–H and O–H groups in total. The van der Waals surface area contributed by atoms with Crippen LogP contribution in [-0.2, 0) is 4.79 Å². The van der Waals surface area contributed by atoms with Crippen molar-refractivity contribution in [3.8, 4) is 5.75 Å². The topological polar surface area (TPSA) is 81.5 Å². The summed E-state index contributed by atoms with van der Waals surface area (Å²) < 4.78 is 5.62. The van der Waals surface area contributed by atoms with Crippen molar-refractivity contribution in [1.82, 2.24) is 0 Å². The van der Waals surface area contributed by atoms with E-state index in [1.54, 1.807) is 0 Å². The van der Waals surface area contributed by atoms with Crippen molar-refractivity contribution in [2.75, 3.05) is 11.9 Å². The molecule has 132 valence electrons. The third-order valence-electron chi connectivity index (χ3n) is 3.85. The van der Waals surface area contributed by atoms with E-state index in [4.69, 9.17) is 16.3 Å². The molecule has 0 radical (unpaired) electrons. The van der Waals surface area contributed by atoms with Gasteiger partial charge in [-0.2, -0.15) is 0 Å². The smallest absolute Gasteiger partial charge is 0.289 e. The number of ether oxygens (including phenoxy) is 1. The molecule has 0 aliphatic carbocycles. The van der Waals surface area contributed by atoms with Gasteiger partial charge >= 0.3 is 0 Å². The number of nitro benzene ring substituents is 1. The molecule has 0 aliphatic rings. The zero-order chi connectivity index (χ0) is 18.4. The summed E-state index contributed by atoms with van der Waals surface area (Å²) in [6, 6.07) is 11.7. The minimum Gasteiger partial charge on any atom is -0.483 e. The van der Waals surface area contributed by atoms with Crippen LogP contribution in [0.5, 0.6) is 5.75 Å². The van der Waals surface area contributed by atoms with Crippen molar-refractivity contribution in [2.45, 2.75) is 26.2 Å². The number of nitrogens with zero attached hydrogens (tertiary/aromatic N) is 1. The van der Waals surface area contributed by atoms with Crippen LogP contribution in [0.2, 0.25) is 5.02 Å². The summed E-state index contributed by atoms with van der Waals surface area (Å²) in [5.41, 5.74) is 1.07. The fourth-order valence-electron chi connectivity index (χ4n) is 2.31. The summed E-state index contributed by atoms with van der Waals surface area (Å²) in [4.78, 5) is 22.3. The van der Waals surface area contributed by atoms with Crippen molar-refractivity contribution in [3.63, 3.8) is 0 Å². The molecule has 2 rings (SSSR count). The lowest BCUT2D eigenvalue weighted by atomic mass is 9.98. The number of benzene rings is 2. The first kappa shape index (κ1) is 18.7. The Labute approximate surface area is 150 Å². The van der Waals surface area contributed by atoms with Gasteiger partial charge in [-0.1, -0.05) is 43.6 Å². The molecule has 0 aromatic heterocycles. The predicted molar refractivity (Wildman–Crippen MR) is 97.4 cm³/mol. The van der Waals surface area contributed by atoms with Crippen LogP contribution in [0.15, 0.2) is 42.5 Å². The van der Waals surface area contributed by atoms with Gasteiger partial charge in [0.15, 0.2) is 6.61 Å². The second-order valence-corrected chi connectivity index (χ2v) is 6.01. The molecular weight excluding hydrogens is 344 g/mol. The van der Waals surface area contributed by atoms with Crippen molar-refractivity contribution in [1.29, 1.82) is 0 Å². The fraction of sp³-hybridized carbons (Fsp3) is 0.278. The first-order chi connectivity index (χ1) is 11.9. The van der Waals surface area contributed by atoms with Gasteiger partial charge in [0.2, 0.25) is 0 Å². The molecule has 0 aliphatic heterocycles. The number of rotatable bonds is 7.